The monoisotopic (exact) mass is 182 g/mol. The molecule has 0 aromatic carbocycles. The van der Waals surface area contributed by atoms with Crippen molar-refractivity contribution >= 4 is 6.29 Å². The first-order valence-electron chi connectivity index (χ1n) is 5.58. The zero-order valence-electron chi connectivity index (χ0n) is 9.18. The fourth-order valence-corrected chi connectivity index (χ4v) is 2.77. The first-order valence-corrected chi connectivity index (χ1v) is 5.58. The maximum atomic E-state index is 11.1. The van der Waals surface area contributed by atoms with E-state index < -0.39 is 0 Å². The van der Waals surface area contributed by atoms with Crippen LogP contribution in [0.5, 0.6) is 0 Å². The van der Waals surface area contributed by atoms with Crippen LogP contribution in [-0.4, -0.2) is 6.29 Å². The predicted molar refractivity (Wildman–Crippen MR) is 55.6 cm³/mol. The standard InChI is InChI=1S/C12H22O/c1-4-11-5-6-12(8-11,9-13)7-10(2)3/h9-11H,4-8H2,1-3H3. The molecular weight excluding hydrogens is 160 g/mol. The molecule has 1 aliphatic rings. The smallest absolute Gasteiger partial charge is 0.126 e. The molecule has 1 saturated carbocycles. The first kappa shape index (κ1) is 10.7. The van der Waals surface area contributed by atoms with Crippen LogP contribution in [0.25, 0.3) is 0 Å². The third kappa shape index (κ3) is 2.55. The van der Waals surface area contributed by atoms with Gasteiger partial charge in [-0.25, -0.2) is 0 Å². The molecule has 0 aliphatic heterocycles. The van der Waals surface area contributed by atoms with Crippen molar-refractivity contribution in [3.05, 3.63) is 0 Å². The largest absolute Gasteiger partial charge is 0.303 e. The summed E-state index contributed by atoms with van der Waals surface area (Å²) in [6.45, 7) is 6.66. The normalized spacial score (nSPS) is 34.0. The molecule has 1 nitrogen and oxygen atoms in total. The van der Waals surface area contributed by atoms with Crippen LogP contribution in [0.15, 0.2) is 0 Å². The molecule has 0 bridgehead atoms. The Morgan fingerprint density at radius 1 is 1.54 bits per heavy atom. The molecule has 2 atom stereocenters. The van der Waals surface area contributed by atoms with Gasteiger partial charge in [-0.05, 0) is 37.5 Å². The second kappa shape index (κ2) is 4.26. The quantitative estimate of drug-likeness (QED) is 0.609. The van der Waals surface area contributed by atoms with Gasteiger partial charge >= 0.3 is 0 Å². The molecular formula is C12H22O. The van der Waals surface area contributed by atoms with E-state index in [1.165, 1.54) is 19.1 Å². The van der Waals surface area contributed by atoms with Crippen molar-refractivity contribution in [1.29, 1.82) is 0 Å². The molecule has 0 saturated heterocycles. The molecule has 0 heterocycles. The topological polar surface area (TPSA) is 17.1 Å². The van der Waals surface area contributed by atoms with Crippen LogP contribution < -0.4 is 0 Å². The molecule has 0 N–H and O–H groups in total. The Hall–Kier alpha value is -0.330. The van der Waals surface area contributed by atoms with Gasteiger partial charge < -0.3 is 4.79 Å². The van der Waals surface area contributed by atoms with Crippen molar-refractivity contribution in [3.63, 3.8) is 0 Å². The Balaban J connectivity index is 2.57. The maximum absolute atomic E-state index is 11.1. The lowest BCUT2D eigenvalue weighted by molar-refractivity contribution is -0.116. The number of carbonyl (C=O) groups excluding carboxylic acids is 1. The van der Waals surface area contributed by atoms with Crippen LogP contribution in [0.4, 0.5) is 0 Å². The lowest BCUT2D eigenvalue weighted by atomic mass is 9.79. The number of rotatable bonds is 4. The average Bonchev–Trinajstić information content (AvgIpc) is 2.48. The minimum Gasteiger partial charge on any atom is -0.303 e. The van der Waals surface area contributed by atoms with Crippen LogP contribution in [0, 0.1) is 17.3 Å². The molecule has 1 heteroatoms. The van der Waals surface area contributed by atoms with Gasteiger partial charge in [0.25, 0.3) is 0 Å². The molecule has 0 aromatic rings. The van der Waals surface area contributed by atoms with Gasteiger partial charge in [0.15, 0.2) is 0 Å². The van der Waals surface area contributed by atoms with E-state index in [2.05, 4.69) is 20.8 Å². The van der Waals surface area contributed by atoms with Gasteiger partial charge in [0.05, 0.1) is 0 Å². The maximum Gasteiger partial charge on any atom is 0.126 e. The van der Waals surface area contributed by atoms with Crippen molar-refractivity contribution in [2.45, 2.75) is 52.9 Å². The fourth-order valence-electron chi connectivity index (χ4n) is 2.77. The van der Waals surface area contributed by atoms with Crippen molar-refractivity contribution < 1.29 is 4.79 Å². The van der Waals surface area contributed by atoms with Gasteiger partial charge in [-0.2, -0.15) is 0 Å². The molecule has 76 valence electrons. The summed E-state index contributed by atoms with van der Waals surface area (Å²) in [5, 5.41) is 0. The third-order valence-electron chi connectivity index (χ3n) is 3.39. The van der Waals surface area contributed by atoms with E-state index >= 15 is 0 Å². The Bertz CT molecular complexity index is 174. The molecule has 0 spiro atoms. The summed E-state index contributed by atoms with van der Waals surface area (Å²) in [6, 6.07) is 0. The van der Waals surface area contributed by atoms with E-state index in [1.54, 1.807) is 0 Å². The molecule has 1 fully saturated rings. The molecule has 0 amide bonds. The Labute approximate surface area is 81.9 Å². The van der Waals surface area contributed by atoms with Gasteiger partial charge in [0.1, 0.15) is 6.29 Å². The number of carbonyl (C=O) groups is 1. The average molecular weight is 182 g/mol. The Morgan fingerprint density at radius 3 is 2.62 bits per heavy atom. The van der Waals surface area contributed by atoms with Crippen LogP contribution in [0.3, 0.4) is 0 Å². The summed E-state index contributed by atoms with van der Waals surface area (Å²) in [5.74, 6) is 1.46. The summed E-state index contributed by atoms with van der Waals surface area (Å²) < 4.78 is 0. The Morgan fingerprint density at radius 2 is 2.23 bits per heavy atom. The third-order valence-corrected chi connectivity index (χ3v) is 3.39. The van der Waals surface area contributed by atoms with E-state index in [4.69, 9.17) is 0 Å². The van der Waals surface area contributed by atoms with Crippen molar-refractivity contribution in [1.82, 2.24) is 0 Å². The van der Waals surface area contributed by atoms with Gasteiger partial charge in [-0.3, -0.25) is 0 Å². The van der Waals surface area contributed by atoms with Gasteiger partial charge in [-0.1, -0.05) is 27.2 Å². The van der Waals surface area contributed by atoms with Crippen molar-refractivity contribution in [2.24, 2.45) is 17.3 Å². The summed E-state index contributed by atoms with van der Waals surface area (Å²) in [7, 11) is 0. The lowest BCUT2D eigenvalue weighted by Crippen LogP contribution is -2.21. The first-order chi connectivity index (χ1) is 6.12. The number of hydrogen-bond acceptors (Lipinski definition) is 1. The van der Waals surface area contributed by atoms with Crippen LogP contribution in [0.2, 0.25) is 0 Å². The summed E-state index contributed by atoms with van der Waals surface area (Å²) >= 11 is 0. The zero-order chi connectivity index (χ0) is 9.90. The van der Waals surface area contributed by atoms with Crippen LogP contribution in [0.1, 0.15) is 52.9 Å². The molecule has 1 rings (SSSR count). The SMILES string of the molecule is CCC1CCC(C=O)(CC(C)C)C1. The Kier molecular flexibility index (Phi) is 3.52. The van der Waals surface area contributed by atoms with Crippen LogP contribution in [-0.2, 0) is 4.79 Å². The van der Waals surface area contributed by atoms with Crippen LogP contribution >= 0.6 is 0 Å². The van der Waals surface area contributed by atoms with Gasteiger partial charge in [0, 0.05) is 5.41 Å². The lowest BCUT2D eigenvalue weighted by Gasteiger charge is -2.24. The van der Waals surface area contributed by atoms with Crippen molar-refractivity contribution in [2.75, 3.05) is 0 Å². The highest BCUT2D eigenvalue weighted by Crippen LogP contribution is 2.45. The van der Waals surface area contributed by atoms with Gasteiger partial charge in [-0.15, -0.1) is 0 Å². The molecule has 0 radical (unpaired) electrons. The van der Waals surface area contributed by atoms with Crippen molar-refractivity contribution in [3.8, 4) is 0 Å². The highest BCUT2D eigenvalue weighted by atomic mass is 16.1. The summed E-state index contributed by atoms with van der Waals surface area (Å²) in [5.41, 5.74) is 0.0504. The summed E-state index contributed by atoms with van der Waals surface area (Å²) in [4.78, 5) is 11.1. The second-order valence-corrected chi connectivity index (χ2v) is 5.10. The van der Waals surface area contributed by atoms with E-state index in [0.717, 1.165) is 25.2 Å². The van der Waals surface area contributed by atoms with E-state index in [-0.39, 0.29) is 5.41 Å². The highest BCUT2D eigenvalue weighted by Gasteiger charge is 2.38. The highest BCUT2D eigenvalue weighted by molar-refractivity contribution is 5.60. The number of aldehydes is 1. The minimum atomic E-state index is 0.0504. The van der Waals surface area contributed by atoms with E-state index in [1.807, 2.05) is 0 Å². The predicted octanol–water partition coefficient (Wildman–Crippen LogP) is 3.43. The summed E-state index contributed by atoms with van der Waals surface area (Å²) in [6.07, 6.45) is 7.11. The zero-order valence-corrected chi connectivity index (χ0v) is 9.18. The molecule has 1 aliphatic carbocycles. The van der Waals surface area contributed by atoms with Gasteiger partial charge in [0.2, 0.25) is 0 Å². The van der Waals surface area contributed by atoms with E-state index in [0.29, 0.717) is 5.92 Å². The number of hydrogen-bond donors (Lipinski definition) is 0. The molecule has 0 aromatic heterocycles. The minimum absolute atomic E-state index is 0.0504. The van der Waals surface area contributed by atoms with E-state index in [9.17, 15) is 4.79 Å². The second-order valence-electron chi connectivity index (χ2n) is 5.10. The molecule has 2 unspecified atom stereocenters. The fraction of sp³-hybridized carbons (Fsp3) is 0.917. The molecule has 13 heavy (non-hydrogen) atoms.